The molecule has 0 N–H and O–H groups in total. The number of hydrogen-bond acceptors (Lipinski definition) is 2. The third-order valence-corrected chi connectivity index (χ3v) is 10.9. The molecule has 3 saturated carbocycles. The van der Waals surface area contributed by atoms with E-state index in [-0.39, 0.29) is 0 Å². The van der Waals surface area contributed by atoms with Gasteiger partial charge in [-0.3, -0.25) is 9.78 Å². The standard InChI is InChI=1S/C28H42N2O/c1-5-19(18-20-8-6-7-17-29-20)22-10-11-23-21-9-12-25-28(3,16-14-26(31)30(25)4)24(21)13-15-27(22,23)2/h6-8,17,19,21-25H,5,9-16,18H2,1-4H3/t19?,21-,22+,23-,24-,25+,27+,28+/m0/s1. The van der Waals surface area contributed by atoms with Gasteiger partial charge in [0.25, 0.3) is 0 Å². The van der Waals surface area contributed by atoms with Crippen molar-refractivity contribution in [2.45, 2.75) is 91.0 Å². The number of rotatable bonds is 4. The van der Waals surface area contributed by atoms with Gasteiger partial charge in [0.15, 0.2) is 0 Å². The van der Waals surface area contributed by atoms with Crippen LogP contribution in [0.4, 0.5) is 0 Å². The summed E-state index contributed by atoms with van der Waals surface area (Å²) in [6, 6.07) is 6.87. The molecular weight excluding hydrogens is 380 g/mol. The summed E-state index contributed by atoms with van der Waals surface area (Å²) in [4.78, 5) is 19.2. The molecule has 3 aliphatic carbocycles. The number of carbonyl (C=O) groups is 1. The number of aromatic nitrogens is 1. The van der Waals surface area contributed by atoms with Crippen molar-refractivity contribution < 1.29 is 4.79 Å². The number of piperidine rings is 1. The van der Waals surface area contributed by atoms with Gasteiger partial charge in [-0.05, 0) is 104 Å². The van der Waals surface area contributed by atoms with E-state index in [0.29, 0.717) is 22.8 Å². The van der Waals surface area contributed by atoms with Crippen LogP contribution in [0.5, 0.6) is 0 Å². The van der Waals surface area contributed by atoms with Gasteiger partial charge in [-0.25, -0.2) is 0 Å². The summed E-state index contributed by atoms with van der Waals surface area (Å²) in [5.41, 5.74) is 2.11. The van der Waals surface area contributed by atoms with Gasteiger partial charge in [0.05, 0.1) is 0 Å². The van der Waals surface area contributed by atoms with Crippen LogP contribution in [-0.4, -0.2) is 28.9 Å². The molecule has 0 spiro atoms. The van der Waals surface area contributed by atoms with E-state index in [0.717, 1.165) is 48.9 Å². The Kier molecular flexibility index (Phi) is 5.46. The lowest BCUT2D eigenvalue weighted by Gasteiger charge is -2.62. The zero-order chi connectivity index (χ0) is 21.8. The van der Waals surface area contributed by atoms with Crippen molar-refractivity contribution >= 4 is 5.91 Å². The number of amides is 1. The van der Waals surface area contributed by atoms with E-state index >= 15 is 0 Å². The Balaban J connectivity index is 1.37. The van der Waals surface area contributed by atoms with Crippen LogP contribution in [0.1, 0.15) is 84.3 Å². The first kappa shape index (κ1) is 21.5. The first-order chi connectivity index (χ1) is 14.9. The van der Waals surface area contributed by atoms with Gasteiger partial charge in [0.1, 0.15) is 0 Å². The van der Waals surface area contributed by atoms with Crippen molar-refractivity contribution in [3.63, 3.8) is 0 Å². The molecule has 31 heavy (non-hydrogen) atoms. The molecule has 3 heteroatoms. The molecule has 1 saturated heterocycles. The average molecular weight is 423 g/mol. The molecule has 1 amide bonds. The molecule has 1 unspecified atom stereocenters. The lowest BCUT2D eigenvalue weighted by molar-refractivity contribution is -0.159. The quantitative estimate of drug-likeness (QED) is 0.585. The van der Waals surface area contributed by atoms with Gasteiger partial charge < -0.3 is 4.90 Å². The number of likely N-dealkylation sites (tertiary alicyclic amines) is 1. The Hall–Kier alpha value is -1.38. The zero-order valence-electron chi connectivity index (χ0n) is 20.1. The van der Waals surface area contributed by atoms with Crippen molar-refractivity contribution in [3.05, 3.63) is 30.1 Å². The number of nitrogens with zero attached hydrogens (tertiary/aromatic N) is 2. The lowest BCUT2D eigenvalue weighted by atomic mass is 9.46. The minimum absolute atomic E-state index is 0.336. The summed E-state index contributed by atoms with van der Waals surface area (Å²) in [6.45, 7) is 7.61. The van der Waals surface area contributed by atoms with Crippen LogP contribution in [-0.2, 0) is 11.2 Å². The maximum absolute atomic E-state index is 12.4. The number of pyridine rings is 1. The third-order valence-electron chi connectivity index (χ3n) is 10.9. The van der Waals surface area contributed by atoms with E-state index < -0.39 is 0 Å². The molecule has 1 aromatic heterocycles. The molecule has 0 radical (unpaired) electrons. The molecule has 8 atom stereocenters. The van der Waals surface area contributed by atoms with E-state index in [9.17, 15) is 4.79 Å². The molecule has 0 bridgehead atoms. The number of carbonyl (C=O) groups excluding carboxylic acids is 1. The first-order valence-electron chi connectivity index (χ1n) is 13.0. The summed E-state index contributed by atoms with van der Waals surface area (Å²) in [5, 5.41) is 0. The first-order valence-corrected chi connectivity index (χ1v) is 13.0. The van der Waals surface area contributed by atoms with Crippen molar-refractivity contribution in [2.24, 2.45) is 40.4 Å². The minimum atomic E-state index is 0.336. The second-order valence-corrected chi connectivity index (χ2v) is 11.9. The lowest BCUT2D eigenvalue weighted by Crippen LogP contribution is -2.61. The van der Waals surface area contributed by atoms with Gasteiger partial charge in [-0.2, -0.15) is 0 Å². The fourth-order valence-electron chi connectivity index (χ4n) is 9.32. The van der Waals surface area contributed by atoms with Crippen LogP contribution in [0.3, 0.4) is 0 Å². The maximum atomic E-state index is 12.4. The molecule has 4 aliphatic rings. The van der Waals surface area contributed by atoms with Crippen molar-refractivity contribution in [1.29, 1.82) is 0 Å². The topological polar surface area (TPSA) is 33.2 Å². The summed E-state index contributed by atoms with van der Waals surface area (Å²) in [5.74, 6) is 4.55. The Bertz CT molecular complexity index is 808. The molecule has 1 aliphatic heterocycles. The van der Waals surface area contributed by atoms with Gasteiger partial charge in [0.2, 0.25) is 5.91 Å². The highest BCUT2D eigenvalue weighted by Gasteiger charge is 2.61. The zero-order valence-corrected chi connectivity index (χ0v) is 20.1. The molecule has 1 aromatic rings. The van der Waals surface area contributed by atoms with Crippen LogP contribution < -0.4 is 0 Å². The highest BCUT2D eigenvalue weighted by Crippen LogP contribution is 2.67. The predicted molar refractivity (Wildman–Crippen MR) is 125 cm³/mol. The normalized spacial score (nSPS) is 43.2. The largest absolute Gasteiger partial charge is 0.342 e. The van der Waals surface area contributed by atoms with E-state index in [4.69, 9.17) is 0 Å². The van der Waals surface area contributed by atoms with E-state index in [1.165, 1.54) is 50.6 Å². The molecule has 3 nitrogen and oxygen atoms in total. The van der Waals surface area contributed by atoms with Crippen LogP contribution >= 0.6 is 0 Å². The van der Waals surface area contributed by atoms with E-state index in [1.54, 1.807) is 0 Å². The molecule has 170 valence electrons. The summed E-state index contributed by atoms with van der Waals surface area (Å²) < 4.78 is 0. The van der Waals surface area contributed by atoms with E-state index in [2.05, 4.69) is 49.8 Å². The van der Waals surface area contributed by atoms with Gasteiger partial charge >= 0.3 is 0 Å². The monoisotopic (exact) mass is 422 g/mol. The van der Waals surface area contributed by atoms with Crippen molar-refractivity contribution in [2.75, 3.05) is 7.05 Å². The Morgan fingerprint density at radius 2 is 1.87 bits per heavy atom. The van der Waals surface area contributed by atoms with Crippen LogP contribution in [0, 0.1) is 40.4 Å². The fraction of sp³-hybridized carbons (Fsp3) is 0.786. The summed E-state index contributed by atoms with van der Waals surface area (Å²) in [6.07, 6.45) is 14.4. The average Bonchev–Trinajstić information content (AvgIpc) is 3.13. The fourth-order valence-corrected chi connectivity index (χ4v) is 9.32. The summed E-state index contributed by atoms with van der Waals surface area (Å²) in [7, 11) is 2.08. The SMILES string of the molecule is CCC(Cc1ccccn1)[C@H]1CC[C@H]2[C@@H]3CC[C@H]4N(C)C(=O)CC[C@]4(C)[C@H]3CC[C@]12C. The Morgan fingerprint density at radius 1 is 1.06 bits per heavy atom. The highest BCUT2D eigenvalue weighted by atomic mass is 16.2. The Labute approximate surface area is 189 Å². The van der Waals surface area contributed by atoms with E-state index in [1.807, 2.05) is 12.3 Å². The van der Waals surface area contributed by atoms with Gasteiger partial charge in [-0.15, -0.1) is 0 Å². The molecule has 0 aromatic carbocycles. The number of fused-ring (bicyclic) bond motifs is 5. The molecule has 4 fully saturated rings. The number of hydrogen-bond donors (Lipinski definition) is 0. The second kappa shape index (κ2) is 7.89. The highest BCUT2D eigenvalue weighted by molar-refractivity contribution is 5.77. The van der Waals surface area contributed by atoms with Crippen LogP contribution in [0.25, 0.3) is 0 Å². The van der Waals surface area contributed by atoms with Crippen LogP contribution in [0.2, 0.25) is 0 Å². The second-order valence-electron chi connectivity index (χ2n) is 11.9. The summed E-state index contributed by atoms with van der Waals surface area (Å²) >= 11 is 0. The molecule has 5 rings (SSSR count). The van der Waals surface area contributed by atoms with Crippen LogP contribution in [0.15, 0.2) is 24.4 Å². The van der Waals surface area contributed by atoms with Gasteiger partial charge in [0, 0.05) is 31.4 Å². The Morgan fingerprint density at radius 3 is 2.61 bits per heavy atom. The predicted octanol–water partition coefficient (Wildman–Crippen LogP) is 6.13. The molecule has 2 heterocycles. The smallest absolute Gasteiger partial charge is 0.222 e. The molecular formula is C28H42N2O. The maximum Gasteiger partial charge on any atom is 0.222 e. The van der Waals surface area contributed by atoms with Gasteiger partial charge in [-0.1, -0.05) is 33.3 Å². The minimum Gasteiger partial charge on any atom is -0.342 e. The van der Waals surface area contributed by atoms with Crippen molar-refractivity contribution in [3.8, 4) is 0 Å². The van der Waals surface area contributed by atoms with Crippen molar-refractivity contribution in [1.82, 2.24) is 9.88 Å². The third kappa shape index (κ3) is 3.28.